The summed E-state index contributed by atoms with van der Waals surface area (Å²) in [6.07, 6.45) is 2.15. The van der Waals surface area contributed by atoms with E-state index in [1.54, 1.807) is 0 Å². The van der Waals surface area contributed by atoms with Crippen molar-refractivity contribution in [3.8, 4) is 6.07 Å². The van der Waals surface area contributed by atoms with Gasteiger partial charge < -0.3 is 15.6 Å². The van der Waals surface area contributed by atoms with E-state index in [-0.39, 0.29) is 11.5 Å². The molecule has 0 spiro atoms. The number of H-pyrrole nitrogens is 1. The first-order chi connectivity index (χ1) is 10.2. The van der Waals surface area contributed by atoms with Crippen LogP contribution in [0.2, 0.25) is 0 Å². The molecule has 0 bridgehead atoms. The number of aromatic amines is 1. The number of fused-ring (bicyclic) bond motifs is 1. The van der Waals surface area contributed by atoms with E-state index in [2.05, 4.69) is 21.7 Å². The first kappa shape index (κ1) is 13.5. The van der Waals surface area contributed by atoms with Gasteiger partial charge in [-0.3, -0.25) is 9.59 Å². The molecule has 0 unspecified atom stereocenters. The number of thiophene rings is 1. The van der Waals surface area contributed by atoms with Crippen molar-refractivity contribution >= 4 is 22.2 Å². The fraction of sp³-hybridized carbons (Fsp3) is 0.214. The average molecular weight is 300 g/mol. The van der Waals surface area contributed by atoms with Crippen molar-refractivity contribution in [2.45, 2.75) is 13.0 Å². The van der Waals surface area contributed by atoms with Crippen LogP contribution in [0.5, 0.6) is 0 Å². The zero-order valence-corrected chi connectivity index (χ0v) is 11.8. The highest BCUT2D eigenvalue weighted by Gasteiger charge is 2.21. The van der Waals surface area contributed by atoms with E-state index in [1.807, 2.05) is 0 Å². The molecule has 0 radical (unpaired) electrons. The second-order valence-electron chi connectivity index (χ2n) is 4.64. The minimum atomic E-state index is -0.339. The van der Waals surface area contributed by atoms with Crippen LogP contribution < -0.4 is 16.2 Å². The van der Waals surface area contributed by atoms with Gasteiger partial charge in [0.2, 0.25) is 5.56 Å². The number of nitrogens with zero attached hydrogens (tertiary/aromatic N) is 1. The quantitative estimate of drug-likeness (QED) is 0.776. The summed E-state index contributed by atoms with van der Waals surface area (Å²) in [6, 6.07) is 4.93. The zero-order valence-electron chi connectivity index (χ0n) is 11.0. The van der Waals surface area contributed by atoms with Crippen LogP contribution in [0.15, 0.2) is 23.1 Å². The van der Waals surface area contributed by atoms with Crippen molar-refractivity contribution < 1.29 is 4.79 Å². The Labute approximate surface area is 124 Å². The normalized spacial score (nSPS) is 13.3. The number of nitrogens with one attached hydrogen (secondary N) is 3. The topological polar surface area (TPSA) is 97.8 Å². The van der Waals surface area contributed by atoms with Crippen LogP contribution in [0.1, 0.15) is 26.4 Å². The highest BCUT2D eigenvalue weighted by Crippen LogP contribution is 2.34. The lowest BCUT2D eigenvalue weighted by Crippen LogP contribution is -2.22. The van der Waals surface area contributed by atoms with Crippen LogP contribution in [-0.2, 0) is 13.0 Å². The van der Waals surface area contributed by atoms with E-state index >= 15 is 0 Å². The van der Waals surface area contributed by atoms with Crippen LogP contribution in [-0.4, -0.2) is 17.4 Å². The summed E-state index contributed by atoms with van der Waals surface area (Å²) in [7, 11) is 0. The van der Waals surface area contributed by atoms with E-state index in [4.69, 9.17) is 0 Å². The summed E-state index contributed by atoms with van der Waals surface area (Å²) in [5.41, 5.74) is 1.66. The summed E-state index contributed by atoms with van der Waals surface area (Å²) < 4.78 is 0. The summed E-state index contributed by atoms with van der Waals surface area (Å²) in [6.45, 7) is 1.56. The second-order valence-corrected chi connectivity index (χ2v) is 5.75. The number of anilines is 1. The molecule has 2 aromatic heterocycles. The Balaban J connectivity index is 1.90. The van der Waals surface area contributed by atoms with Crippen LogP contribution >= 0.6 is 11.3 Å². The molecule has 7 heteroatoms. The second kappa shape index (κ2) is 5.52. The molecule has 2 aromatic rings. The molecule has 0 aliphatic carbocycles. The van der Waals surface area contributed by atoms with Crippen molar-refractivity contribution in [3.05, 3.63) is 50.3 Å². The van der Waals surface area contributed by atoms with Gasteiger partial charge >= 0.3 is 0 Å². The predicted molar refractivity (Wildman–Crippen MR) is 79.5 cm³/mol. The molecular formula is C14H12N4O2S. The van der Waals surface area contributed by atoms with Gasteiger partial charge in [0.15, 0.2) is 0 Å². The van der Waals surface area contributed by atoms with Gasteiger partial charge in [0.1, 0.15) is 11.1 Å². The van der Waals surface area contributed by atoms with Gasteiger partial charge in [0.25, 0.3) is 5.91 Å². The maximum absolute atomic E-state index is 12.2. The molecule has 0 aromatic carbocycles. The fourth-order valence-electron chi connectivity index (χ4n) is 2.27. The largest absolute Gasteiger partial charge is 0.328 e. The van der Waals surface area contributed by atoms with Gasteiger partial charge in [-0.2, -0.15) is 5.26 Å². The number of amides is 1. The van der Waals surface area contributed by atoms with Crippen LogP contribution in [0.4, 0.5) is 5.00 Å². The third kappa shape index (κ3) is 2.59. The van der Waals surface area contributed by atoms with E-state index in [0.29, 0.717) is 16.1 Å². The summed E-state index contributed by atoms with van der Waals surface area (Å²) in [4.78, 5) is 26.7. The Hall–Kier alpha value is -2.43. The first-order valence-corrected chi connectivity index (χ1v) is 7.26. The maximum Gasteiger partial charge on any atom is 0.257 e. The number of hydrogen-bond donors (Lipinski definition) is 3. The molecule has 6 nitrogen and oxygen atoms in total. The molecule has 3 rings (SSSR count). The van der Waals surface area contributed by atoms with Crippen molar-refractivity contribution in [1.82, 2.24) is 10.3 Å². The number of aromatic nitrogens is 1. The van der Waals surface area contributed by atoms with Gasteiger partial charge in [-0.1, -0.05) is 0 Å². The number of nitriles is 1. The SMILES string of the molecule is N#Cc1c(NC(=O)c2ccc(=O)[nH]c2)sc2c1CCNC2. The fourth-order valence-corrected chi connectivity index (χ4v) is 3.43. The van der Waals surface area contributed by atoms with Gasteiger partial charge in [-0.15, -0.1) is 11.3 Å². The third-order valence-corrected chi connectivity index (χ3v) is 4.46. The van der Waals surface area contributed by atoms with Crippen LogP contribution in [0.3, 0.4) is 0 Å². The average Bonchev–Trinajstić information content (AvgIpc) is 2.84. The molecule has 0 saturated heterocycles. The van der Waals surface area contributed by atoms with E-state index in [1.165, 1.54) is 29.7 Å². The lowest BCUT2D eigenvalue weighted by Gasteiger charge is -2.11. The zero-order chi connectivity index (χ0) is 14.8. The Kier molecular flexibility index (Phi) is 3.56. The summed E-state index contributed by atoms with van der Waals surface area (Å²) >= 11 is 1.42. The van der Waals surface area contributed by atoms with Crippen LogP contribution in [0.25, 0.3) is 0 Å². The van der Waals surface area contributed by atoms with E-state index in [9.17, 15) is 14.9 Å². The highest BCUT2D eigenvalue weighted by molar-refractivity contribution is 7.16. The summed E-state index contributed by atoms with van der Waals surface area (Å²) in [5.74, 6) is -0.339. The molecular weight excluding hydrogens is 288 g/mol. The summed E-state index contributed by atoms with van der Waals surface area (Å²) in [5, 5.41) is 15.9. The molecule has 0 atom stereocenters. The Morgan fingerprint density at radius 3 is 3.00 bits per heavy atom. The standard InChI is InChI=1S/C14H12N4O2S/c15-5-10-9-3-4-16-7-11(9)21-14(10)18-13(20)8-1-2-12(19)17-6-8/h1-2,6,16H,3-4,7H2,(H,17,19)(H,18,20). The number of carbonyl (C=O) groups excluding carboxylic acids is 1. The van der Waals surface area contributed by atoms with Crippen LogP contribution in [0, 0.1) is 11.3 Å². The lowest BCUT2D eigenvalue weighted by molar-refractivity contribution is 0.102. The minimum Gasteiger partial charge on any atom is -0.328 e. The molecule has 1 aliphatic heterocycles. The number of carbonyl (C=O) groups is 1. The Bertz CT molecular complexity index is 780. The molecule has 0 saturated carbocycles. The van der Waals surface area contributed by atoms with Gasteiger partial charge in [0, 0.05) is 23.7 Å². The first-order valence-electron chi connectivity index (χ1n) is 6.44. The van der Waals surface area contributed by atoms with Crippen molar-refractivity contribution in [3.63, 3.8) is 0 Å². The van der Waals surface area contributed by atoms with E-state index < -0.39 is 0 Å². The van der Waals surface area contributed by atoms with Crippen molar-refractivity contribution in [1.29, 1.82) is 5.26 Å². The predicted octanol–water partition coefficient (Wildman–Crippen LogP) is 1.21. The number of rotatable bonds is 2. The number of pyridine rings is 1. The minimum absolute atomic E-state index is 0.262. The van der Waals surface area contributed by atoms with E-state index in [0.717, 1.165) is 30.0 Å². The molecule has 3 N–H and O–H groups in total. The highest BCUT2D eigenvalue weighted by atomic mass is 32.1. The molecule has 0 fully saturated rings. The molecule has 1 aliphatic rings. The molecule has 21 heavy (non-hydrogen) atoms. The Morgan fingerprint density at radius 2 is 2.29 bits per heavy atom. The Morgan fingerprint density at radius 1 is 1.43 bits per heavy atom. The smallest absolute Gasteiger partial charge is 0.257 e. The monoisotopic (exact) mass is 300 g/mol. The number of hydrogen-bond acceptors (Lipinski definition) is 5. The third-order valence-electron chi connectivity index (χ3n) is 3.31. The van der Waals surface area contributed by atoms with Gasteiger partial charge in [0.05, 0.1) is 11.1 Å². The molecule has 1 amide bonds. The van der Waals surface area contributed by atoms with Crippen molar-refractivity contribution in [2.75, 3.05) is 11.9 Å². The maximum atomic E-state index is 12.2. The molecule has 106 valence electrons. The lowest BCUT2D eigenvalue weighted by atomic mass is 10.1. The van der Waals surface area contributed by atoms with Gasteiger partial charge in [-0.05, 0) is 24.6 Å². The van der Waals surface area contributed by atoms with Crippen molar-refractivity contribution in [2.24, 2.45) is 0 Å². The van der Waals surface area contributed by atoms with Gasteiger partial charge in [-0.25, -0.2) is 0 Å². The molecule has 3 heterocycles.